The zero-order valence-electron chi connectivity index (χ0n) is 4.99. The molecule has 0 aliphatic rings. The summed E-state index contributed by atoms with van der Waals surface area (Å²) >= 11 is 0. The maximum atomic E-state index is 5.20. The minimum absolute atomic E-state index is 0.713. The molecule has 0 aliphatic heterocycles. The van der Waals surface area contributed by atoms with E-state index in [2.05, 4.69) is 4.99 Å². The highest BCUT2D eigenvalue weighted by molar-refractivity contribution is 5.72. The Morgan fingerprint density at radius 3 is 2.29 bits per heavy atom. The zero-order valence-corrected chi connectivity index (χ0v) is 4.99. The van der Waals surface area contributed by atoms with Gasteiger partial charge in [0.1, 0.15) is 5.71 Å². The molecule has 0 unspecified atom stereocenters. The molecule has 0 spiro atoms. The SMILES string of the molecule is CC(C)=[NH+]CCN. The van der Waals surface area contributed by atoms with Crippen LogP contribution in [0, 0.1) is 0 Å². The number of hydrogen-bond acceptors (Lipinski definition) is 1. The van der Waals surface area contributed by atoms with Crippen LogP contribution < -0.4 is 10.7 Å². The normalized spacial score (nSPS) is 8.43. The van der Waals surface area contributed by atoms with Crippen molar-refractivity contribution >= 4 is 5.71 Å². The maximum absolute atomic E-state index is 5.20. The lowest BCUT2D eigenvalue weighted by Gasteiger charge is -1.79. The van der Waals surface area contributed by atoms with E-state index >= 15 is 0 Å². The van der Waals surface area contributed by atoms with Gasteiger partial charge in [-0.1, -0.05) is 0 Å². The molecule has 0 radical (unpaired) electrons. The molecule has 3 N–H and O–H groups in total. The van der Waals surface area contributed by atoms with Crippen molar-refractivity contribution < 1.29 is 4.99 Å². The predicted molar refractivity (Wildman–Crippen MR) is 31.2 cm³/mol. The van der Waals surface area contributed by atoms with E-state index in [1.165, 1.54) is 5.71 Å². The lowest BCUT2D eigenvalue weighted by Crippen LogP contribution is -2.73. The van der Waals surface area contributed by atoms with Gasteiger partial charge in [0.25, 0.3) is 0 Å². The molecule has 0 amide bonds. The highest BCUT2D eigenvalue weighted by atomic mass is 14.8. The van der Waals surface area contributed by atoms with E-state index in [4.69, 9.17) is 5.73 Å². The molecule has 0 aromatic carbocycles. The van der Waals surface area contributed by atoms with Crippen LogP contribution in [0.1, 0.15) is 13.8 Å². The van der Waals surface area contributed by atoms with Gasteiger partial charge in [0.15, 0.2) is 6.54 Å². The lowest BCUT2D eigenvalue weighted by atomic mass is 10.5. The fraction of sp³-hybridized carbons (Fsp3) is 0.800. The number of hydrogen-bond donors (Lipinski definition) is 2. The van der Waals surface area contributed by atoms with E-state index < -0.39 is 0 Å². The maximum Gasteiger partial charge on any atom is 0.152 e. The second kappa shape index (κ2) is 3.81. The molecule has 0 aliphatic carbocycles. The third-order valence-corrected chi connectivity index (χ3v) is 0.623. The average molecular weight is 101 g/mol. The van der Waals surface area contributed by atoms with Crippen LogP contribution in [0.4, 0.5) is 0 Å². The highest BCUT2D eigenvalue weighted by Gasteiger charge is 1.81. The van der Waals surface area contributed by atoms with Crippen molar-refractivity contribution in [2.24, 2.45) is 5.73 Å². The summed E-state index contributed by atoms with van der Waals surface area (Å²) in [5.74, 6) is 0. The summed E-state index contributed by atoms with van der Waals surface area (Å²) in [5.41, 5.74) is 6.43. The van der Waals surface area contributed by atoms with Gasteiger partial charge in [0.05, 0.1) is 6.54 Å². The smallest absolute Gasteiger partial charge is 0.152 e. The summed E-state index contributed by atoms with van der Waals surface area (Å²) in [6, 6.07) is 0. The summed E-state index contributed by atoms with van der Waals surface area (Å²) in [7, 11) is 0. The fourth-order valence-corrected chi connectivity index (χ4v) is 0.322. The molecule has 0 aromatic heterocycles. The van der Waals surface area contributed by atoms with Crippen molar-refractivity contribution in [3.8, 4) is 0 Å². The molecule has 0 rings (SSSR count). The Hall–Kier alpha value is -0.370. The molecule has 0 saturated carbocycles. The minimum Gasteiger partial charge on any atom is -0.325 e. The van der Waals surface area contributed by atoms with E-state index in [0.29, 0.717) is 6.54 Å². The van der Waals surface area contributed by atoms with Crippen molar-refractivity contribution in [1.82, 2.24) is 0 Å². The van der Waals surface area contributed by atoms with Crippen molar-refractivity contribution in [3.63, 3.8) is 0 Å². The Morgan fingerprint density at radius 2 is 2.14 bits per heavy atom. The van der Waals surface area contributed by atoms with E-state index in [1.807, 2.05) is 13.8 Å². The molecule has 0 fully saturated rings. The second-order valence-electron chi connectivity index (χ2n) is 1.72. The van der Waals surface area contributed by atoms with Crippen LogP contribution in [0.3, 0.4) is 0 Å². The van der Waals surface area contributed by atoms with Gasteiger partial charge in [-0.2, -0.15) is 0 Å². The molecule has 0 saturated heterocycles. The quantitative estimate of drug-likeness (QED) is 0.409. The number of nitrogens with two attached hydrogens (primary N) is 1. The molecule has 0 heterocycles. The summed E-state index contributed by atoms with van der Waals surface area (Å²) < 4.78 is 0. The Morgan fingerprint density at radius 1 is 1.57 bits per heavy atom. The molecule has 7 heavy (non-hydrogen) atoms. The molecule has 42 valence electrons. The monoisotopic (exact) mass is 101 g/mol. The first-order valence-corrected chi connectivity index (χ1v) is 2.51. The van der Waals surface area contributed by atoms with E-state index in [-0.39, 0.29) is 0 Å². The Bertz CT molecular complexity index is 62.5. The average Bonchev–Trinajstić information content (AvgIpc) is 1.61. The van der Waals surface area contributed by atoms with Crippen molar-refractivity contribution in [2.45, 2.75) is 13.8 Å². The molecular weight excluding hydrogens is 88.1 g/mol. The molecule has 0 bridgehead atoms. The van der Waals surface area contributed by atoms with E-state index in [9.17, 15) is 0 Å². The summed E-state index contributed by atoms with van der Waals surface area (Å²) in [6.07, 6.45) is 0. The highest BCUT2D eigenvalue weighted by Crippen LogP contribution is 1.46. The third kappa shape index (κ3) is 5.63. The molecule has 2 nitrogen and oxygen atoms in total. The van der Waals surface area contributed by atoms with Crippen LogP contribution in [-0.2, 0) is 0 Å². The summed E-state index contributed by atoms with van der Waals surface area (Å²) in [6.45, 7) is 5.65. The van der Waals surface area contributed by atoms with E-state index in [0.717, 1.165) is 6.54 Å². The first-order chi connectivity index (χ1) is 3.27. The number of nitrogens with one attached hydrogen (secondary N) is 1. The number of rotatable bonds is 2. The molecule has 0 atom stereocenters. The summed E-state index contributed by atoms with van der Waals surface area (Å²) in [4.78, 5) is 3.09. The summed E-state index contributed by atoms with van der Waals surface area (Å²) in [5, 5.41) is 0. The van der Waals surface area contributed by atoms with Crippen molar-refractivity contribution in [2.75, 3.05) is 13.1 Å². The van der Waals surface area contributed by atoms with E-state index in [1.54, 1.807) is 0 Å². The molecule has 2 heteroatoms. The zero-order chi connectivity index (χ0) is 5.70. The minimum atomic E-state index is 0.713. The van der Waals surface area contributed by atoms with Gasteiger partial charge in [0.2, 0.25) is 0 Å². The Labute approximate surface area is 44.4 Å². The topological polar surface area (TPSA) is 40.0 Å². The fourth-order valence-electron chi connectivity index (χ4n) is 0.322. The van der Waals surface area contributed by atoms with Crippen molar-refractivity contribution in [1.29, 1.82) is 0 Å². The Balaban J connectivity index is 3.08. The standard InChI is InChI=1S/C5H12N2/c1-5(2)7-4-3-6/h3-4,6H2,1-2H3/p+1. The molecular formula is C5H13N2+. The van der Waals surface area contributed by atoms with Crippen LogP contribution >= 0.6 is 0 Å². The first-order valence-electron chi connectivity index (χ1n) is 2.51. The van der Waals surface area contributed by atoms with Crippen LogP contribution in [-0.4, -0.2) is 18.8 Å². The van der Waals surface area contributed by atoms with Crippen molar-refractivity contribution in [3.05, 3.63) is 0 Å². The predicted octanol–water partition coefficient (Wildman–Crippen LogP) is -1.49. The van der Waals surface area contributed by atoms with Gasteiger partial charge in [-0.15, -0.1) is 0 Å². The van der Waals surface area contributed by atoms with Gasteiger partial charge in [-0.25, -0.2) is 4.99 Å². The lowest BCUT2D eigenvalue weighted by molar-refractivity contribution is -0.454. The van der Waals surface area contributed by atoms with Crippen LogP contribution in [0.2, 0.25) is 0 Å². The van der Waals surface area contributed by atoms with Gasteiger partial charge in [0, 0.05) is 13.8 Å². The van der Waals surface area contributed by atoms with Crippen LogP contribution in [0.15, 0.2) is 0 Å². The molecule has 0 aromatic rings. The first kappa shape index (κ1) is 6.63. The van der Waals surface area contributed by atoms with Gasteiger partial charge < -0.3 is 5.73 Å². The largest absolute Gasteiger partial charge is 0.325 e. The van der Waals surface area contributed by atoms with Crippen LogP contribution in [0.5, 0.6) is 0 Å². The van der Waals surface area contributed by atoms with Crippen LogP contribution in [0.25, 0.3) is 0 Å². The van der Waals surface area contributed by atoms with Gasteiger partial charge in [-0.05, 0) is 0 Å². The van der Waals surface area contributed by atoms with Gasteiger partial charge >= 0.3 is 0 Å². The van der Waals surface area contributed by atoms with Gasteiger partial charge in [-0.3, -0.25) is 0 Å². The Kier molecular flexibility index (Phi) is 3.61. The third-order valence-electron chi connectivity index (χ3n) is 0.623. The second-order valence-corrected chi connectivity index (χ2v) is 1.72.